The van der Waals surface area contributed by atoms with Gasteiger partial charge in [0.25, 0.3) is 5.56 Å². The Hall–Kier alpha value is -1.68. The van der Waals surface area contributed by atoms with Gasteiger partial charge >= 0.3 is 5.69 Å². The van der Waals surface area contributed by atoms with Gasteiger partial charge in [0.15, 0.2) is 0 Å². The zero-order chi connectivity index (χ0) is 15.7. The Kier molecular flexibility index (Phi) is 4.30. The van der Waals surface area contributed by atoms with Gasteiger partial charge in [0.2, 0.25) is 0 Å². The van der Waals surface area contributed by atoms with Crippen molar-refractivity contribution in [1.82, 2.24) is 9.55 Å². The summed E-state index contributed by atoms with van der Waals surface area (Å²) in [5.74, 6) is 0. The minimum Gasteiger partial charge on any atom is -0.394 e. The summed E-state index contributed by atoms with van der Waals surface area (Å²) < 4.78 is 12.0. The first kappa shape index (κ1) is 15.2. The molecule has 0 aliphatic carbocycles. The van der Waals surface area contributed by atoms with Crippen LogP contribution in [0.15, 0.2) is 15.8 Å². The van der Waals surface area contributed by atoms with E-state index in [1.54, 1.807) is 0 Å². The highest BCUT2D eigenvalue weighted by atomic mass is 16.5. The predicted octanol–water partition coefficient (Wildman–Crippen LogP) is -1.99. The highest BCUT2D eigenvalue weighted by Crippen LogP contribution is 2.27. The number of aromatic amines is 1. The van der Waals surface area contributed by atoms with Crippen LogP contribution in [-0.2, 0) is 9.47 Å². The lowest BCUT2D eigenvalue weighted by Crippen LogP contribution is -2.42. The molecule has 3 heterocycles. The van der Waals surface area contributed by atoms with E-state index >= 15 is 0 Å². The Labute approximate surface area is 125 Å². The molecular formula is C13H19N3O6. The maximum absolute atomic E-state index is 12.0. The second-order valence-corrected chi connectivity index (χ2v) is 5.40. The number of nitrogens with one attached hydrogen (secondary N) is 1. The molecule has 0 radical (unpaired) electrons. The second kappa shape index (κ2) is 6.21. The zero-order valence-corrected chi connectivity index (χ0v) is 12.0. The molecule has 0 bridgehead atoms. The molecule has 0 aromatic carbocycles. The fraction of sp³-hybridized carbons (Fsp3) is 0.692. The van der Waals surface area contributed by atoms with Crippen molar-refractivity contribution in [1.29, 1.82) is 0 Å². The van der Waals surface area contributed by atoms with Gasteiger partial charge in [-0.25, -0.2) is 4.79 Å². The number of aromatic nitrogens is 2. The van der Waals surface area contributed by atoms with Crippen LogP contribution in [-0.4, -0.2) is 64.9 Å². The predicted molar refractivity (Wildman–Crippen MR) is 76.0 cm³/mol. The molecular weight excluding hydrogens is 294 g/mol. The number of hydrogen-bond donors (Lipinski definition) is 3. The normalized spacial score (nSPS) is 29.0. The standard InChI is InChI=1S/C13H19N3O6/c17-7-10-9(18)5-11(22-10)16-6-8(12(19)14-13(16)20)15-1-3-21-4-2-15/h6,9-11,17-18H,1-5,7H2,(H,14,19,20)/t9-,10-,11+/m0/s1. The van der Waals surface area contributed by atoms with E-state index in [2.05, 4.69) is 4.98 Å². The second-order valence-electron chi connectivity index (χ2n) is 5.40. The summed E-state index contributed by atoms with van der Waals surface area (Å²) in [7, 11) is 0. The van der Waals surface area contributed by atoms with Gasteiger partial charge in [0.1, 0.15) is 18.0 Å². The lowest BCUT2D eigenvalue weighted by molar-refractivity contribution is -0.0458. The third-order valence-corrected chi connectivity index (χ3v) is 4.00. The molecule has 122 valence electrons. The molecule has 2 fully saturated rings. The van der Waals surface area contributed by atoms with Crippen molar-refractivity contribution in [2.75, 3.05) is 37.8 Å². The van der Waals surface area contributed by atoms with E-state index in [-0.39, 0.29) is 13.0 Å². The van der Waals surface area contributed by atoms with Gasteiger partial charge in [-0.2, -0.15) is 0 Å². The van der Waals surface area contributed by atoms with E-state index in [4.69, 9.17) is 14.6 Å². The number of aliphatic hydroxyl groups is 2. The van der Waals surface area contributed by atoms with E-state index < -0.39 is 29.7 Å². The summed E-state index contributed by atoms with van der Waals surface area (Å²) in [6.45, 7) is 1.84. The SMILES string of the molecule is O=c1[nH]c(=O)n([C@H]2C[C@H](O)[C@H](CO)O2)cc1N1CCOCC1. The van der Waals surface area contributed by atoms with Gasteiger partial charge in [-0.05, 0) is 0 Å². The molecule has 2 saturated heterocycles. The largest absolute Gasteiger partial charge is 0.394 e. The molecule has 3 rings (SSSR count). The number of ether oxygens (including phenoxy) is 2. The van der Waals surface area contributed by atoms with Crippen molar-refractivity contribution in [3.05, 3.63) is 27.0 Å². The highest BCUT2D eigenvalue weighted by Gasteiger charge is 2.35. The van der Waals surface area contributed by atoms with Crippen LogP contribution in [0.5, 0.6) is 0 Å². The summed E-state index contributed by atoms with van der Waals surface area (Å²) in [6, 6.07) is 0. The molecule has 3 N–H and O–H groups in total. The van der Waals surface area contributed by atoms with Crippen molar-refractivity contribution in [3.8, 4) is 0 Å². The van der Waals surface area contributed by atoms with Gasteiger partial charge < -0.3 is 24.6 Å². The van der Waals surface area contributed by atoms with E-state index in [1.807, 2.05) is 4.90 Å². The topological polar surface area (TPSA) is 117 Å². The van der Waals surface area contributed by atoms with Gasteiger partial charge in [-0.15, -0.1) is 0 Å². The average molecular weight is 313 g/mol. The molecule has 2 aliphatic heterocycles. The van der Waals surface area contributed by atoms with Crippen molar-refractivity contribution in [3.63, 3.8) is 0 Å². The quantitative estimate of drug-likeness (QED) is 0.591. The lowest BCUT2D eigenvalue weighted by Gasteiger charge is -2.28. The van der Waals surface area contributed by atoms with Crippen LogP contribution in [0.4, 0.5) is 5.69 Å². The highest BCUT2D eigenvalue weighted by molar-refractivity contribution is 5.42. The molecule has 0 unspecified atom stereocenters. The number of aliphatic hydroxyl groups excluding tert-OH is 2. The first-order valence-electron chi connectivity index (χ1n) is 7.22. The third-order valence-electron chi connectivity index (χ3n) is 4.00. The Morgan fingerprint density at radius 2 is 2.05 bits per heavy atom. The maximum atomic E-state index is 12.0. The number of anilines is 1. The zero-order valence-electron chi connectivity index (χ0n) is 12.0. The van der Waals surface area contributed by atoms with Gasteiger partial charge in [-0.1, -0.05) is 0 Å². The van der Waals surface area contributed by atoms with E-state index in [9.17, 15) is 14.7 Å². The number of nitrogens with zero attached hydrogens (tertiary/aromatic N) is 2. The van der Waals surface area contributed by atoms with Crippen LogP contribution >= 0.6 is 0 Å². The third kappa shape index (κ3) is 2.80. The summed E-state index contributed by atoms with van der Waals surface area (Å²) in [5.41, 5.74) is -0.688. The van der Waals surface area contributed by atoms with E-state index in [0.717, 1.165) is 0 Å². The number of hydrogen-bond acceptors (Lipinski definition) is 7. The fourth-order valence-electron chi connectivity index (χ4n) is 2.77. The molecule has 0 spiro atoms. The summed E-state index contributed by atoms with van der Waals surface area (Å²) in [5, 5.41) is 18.9. The molecule has 1 aromatic rings. The Morgan fingerprint density at radius 3 is 2.68 bits per heavy atom. The maximum Gasteiger partial charge on any atom is 0.330 e. The van der Waals surface area contributed by atoms with Gasteiger partial charge in [-0.3, -0.25) is 14.3 Å². The molecule has 1 aromatic heterocycles. The van der Waals surface area contributed by atoms with Crippen LogP contribution in [0, 0.1) is 0 Å². The summed E-state index contributed by atoms with van der Waals surface area (Å²) in [6.07, 6.45) is -0.656. The van der Waals surface area contributed by atoms with Crippen LogP contribution in [0.2, 0.25) is 0 Å². The Morgan fingerprint density at radius 1 is 1.32 bits per heavy atom. The molecule has 9 nitrogen and oxygen atoms in total. The minimum atomic E-state index is -0.847. The molecule has 0 amide bonds. The molecule has 2 aliphatic rings. The molecule has 22 heavy (non-hydrogen) atoms. The van der Waals surface area contributed by atoms with Gasteiger partial charge in [0, 0.05) is 25.7 Å². The number of morpholine rings is 1. The Bertz CT molecular complexity index is 635. The molecule has 9 heteroatoms. The van der Waals surface area contributed by atoms with E-state index in [0.29, 0.717) is 32.0 Å². The van der Waals surface area contributed by atoms with Gasteiger partial charge in [0.05, 0.1) is 25.9 Å². The summed E-state index contributed by atoms with van der Waals surface area (Å²) >= 11 is 0. The van der Waals surface area contributed by atoms with Crippen LogP contribution in [0.1, 0.15) is 12.6 Å². The van der Waals surface area contributed by atoms with E-state index in [1.165, 1.54) is 10.8 Å². The number of rotatable bonds is 3. The molecule has 0 saturated carbocycles. The van der Waals surface area contributed by atoms with Crippen LogP contribution in [0.25, 0.3) is 0 Å². The average Bonchev–Trinajstić information content (AvgIpc) is 2.89. The summed E-state index contributed by atoms with van der Waals surface area (Å²) in [4.78, 5) is 28.1. The smallest absolute Gasteiger partial charge is 0.330 e. The first-order valence-corrected chi connectivity index (χ1v) is 7.22. The first-order chi connectivity index (χ1) is 10.6. The van der Waals surface area contributed by atoms with Crippen LogP contribution < -0.4 is 16.1 Å². The number of H-pyrrole nitrogens is 1. The Balaban J connectivity index is 1.91. The van der Waals surface area contributed by atoms with Crippen molar-refractivity contribution >= 4 is 5.69 Å². The minimum absolute atomic E-state index is 0.180. The lowest BCUT2D eigenvalue weighted by atomic mass is 10.2. The molecule has 3 atom stereocenters. The fourth-order valence-corrected chi connectivity index (χ4v) is 2.77. The van der Waals surface area contributed by atoms with Crippen molar-refractivity contribution in [2.45, 2.75) is 24.9 Å². The van der Waals surface area contributed by atoms with Crippen molar-refractivity contribution < 1.29 is 19.7 Å². The monoisotopic (exact) mass is 313 g/mol. The van der Waals surface area contributed by atoms with Crippen molar-refractivity contribution in [2.24, 2.45) is 0 Å². The van der Waals surface area contributed by atoms with Crippen LogP contribution in [0.3, 0.4) is 0 Å².